The quantitative estimate of drug-likeness (QED) is 0.0634. The van der Waals surface area contributed by atoms with Crippen LogP contribution in [0.2, 0.25) is 0 Å². The van der Waals surface area contributed by atoms with Crippen LogP contribution in [0.3, 0.4) is 0 Å². The fourth-order valence-corrected chi connectivity index (χ4v) is 12.1. The molecule has 1 saturated carbocycles. The fourth-order valence-electron chi connectivity index (χ4n) is 11.2. The van der Waals surface area contributed by atoms with Gasteiger partial charge < -0.3 is 52.8 Å². The molecule has 2 bridgehead atoms. The van der Waals surface area contributed by atoms with Gasteiger partial charge in [-0.15, -0.1) is 0 Å². The molecule has 5 rings (SSSR count). The average molecular weight is 1080 g/mol. The van der Waals surface area contributed by atoms with E-state index in [-0.39, 0.29) is 80.0 Å². The lowest BCUT2D eigenvalue weighted by Crippen LogP contribution is -2.61. The lowest BCUT2D eigenvalue weighted by Gasteiger charge is -2.43. The van der Waals surface area contributed by atoms with E-state index in [0.717, 1.165) is 12.0 Å². The summed E-state index contributed by atoms with van der Waals surface area (Å²) in [7, 11) is 0.172. The van der Waals surface area contributed by atoms with Crippen molar-refractivity contribution in [2.75, 3.05) is 60.5 Å². The second-order valence-electron chi connectivity index (χ2n) is 22.6. The van der Waals surface area contributed by atoms with Crippen LogP contribution in [0.1, 0.15) is 126 Å². The van der Waals surface area contributed by atoms with Crippen molar-refractivity contribution in [3.63, 3.8) is 0 Å². The molecule has 0 spiro atoms. The predicted octanol–water partition coefficient (Wildman–Crippen LogP) is 7.53. The molecule has 1 unspecified atom stereocenters. The van der Waals surface area contributed by atoms with Crippen LogP contribution in [-0.4, -0.2) is 166 Å². The summed E-state index contributed by atoms with van der Waals surface area (Å²) in [6, 6.07) is -1.18. The van der Waals surface area contributed by atoms with E-state index in [1.807, 2.05) is 58.1 Å². The smallest absolute Gasteiger partial charge is 0.329 e. The number of nitrogens with zero attached hydrogens (tertiary/aromatic N) is 1. The highest BCUT2D eigenvalue weighted by Crippen LogP contribution is 2.45. The summed E-state index contributed by atoms with van der Waals surface area (Å²) in [5.74, 6) is -8.30. The van der Waals surface area contributed by atoms with Gasteiger partial charge in [0.1, 0.15) is 36.2 Å². The van der Waals surface area contributed by atoms with Crippen LogP contribution in [0.4, 0.5) is 0 Å². The first-order chi connectivity index (χ1) is 35.5. The number of rotatable bonds is 12. The molecule has 0 aromatic rings. The highest BCUT2D eigenvalue weighted by atomic mass is 31.2. The highest BCUT2D eigenvalue weighted by Gasteiger charge is 2.53. The standard InChI is InChI=1S/C57H90NO16P/c1-35-17-13-12-14-18-36(2)48(71-26-25-70-44-33-69-34-44)31-43-22-20-41(7)57(65,73-43)54(62)55(63)58-24-16-15-19-45(58)56(64)72-49(38(4)29-42-21-23-47(50(30-42)67-8)74-75(10,11)66)32-46(59)37(3)28-40(6)52(61)53(68-9)51(60)39(5)27-35/h12-14,17-18,28,35,37-39,41-45,47-50,52-53,61,65H,15-16,19-27,29-34H2,1-11H3/t35-,37-,38-,39-,41-,42+,43+,45+,47-,48?,49+,50-,52-,53+,57-/m1/s1. The van der Waals surface area contributed by atoms with Crippen molar-refractivity contribution in [3.8, 4) is 0 Å². The molecule has 5 aliphatic rings. The maximum absolute atomic E-state index is 14.6. The molecule has 424 valence electrons. The second kappa shape index (κ2) is 29.1. The molecule has 3 saturated heterocycles. The van der Waals surface area contributed by atoms with Gasteiger partial charge in [0.2, 0.25) is 5.79 Å². The molecule has 4 heterocycles. The first-order valence-electron chi connectivity index (χ1n) is 27.5. The molecule has 17 nitrogen and oxygen atoms in total. The van der Waals surface area contributed by atoms with Gasteiger partial charge in [0, 0.05) is 64.7 Å². The molecule has 0 radical (unpaired) electrons. The first kappa shape index (κ1) is 62.6. The van der Waals surface area contributed by atoms with Gasteiger partial charge in [-0.25, -0.2) is 4.79 Å². The predicted molar refractivity (Wildman–Crippen MR) is 283 cm³/mol. The maximum Gasteiger partial charge on any atom is 0.329 e. The van der Waals surface area contributed by atoms with Crippen LogP contribution in [0.25, 0.3) is 0 Å². The lowest BCUT2D eigenvalue weighted by molar-refractivity contribution is -0.266. The Bertz CT molecular complexity index is 2100. The number of ketones is 3. The Morgan fingerprint density at radius 1 is 0.853 bits per heavy atom. The molecule has 18 heteroatoms. The minimum atomic E-state index is -2.80. The molecule has 4 fully saturated rings. The maximum atomic E-state index is 14.6. The number of fused-ring (bicyclic) bond motifs is 3. The normalized spacial score (nSPS) is 35.8. The Kier molecular flexibility index (Phi) is 24.3. The van der Waals surface area contributed by atoms with Crippen molar-refractivity contribution in [2.24, 2.45) is 35.5 Å². The van der Waals surface area contributed by atoms with E-state index >= 15 is 0 Å². The minimum Gasteiger partial charge on any atom is -0.460 e. The number of methoxy groups -OCH3 is 2. The summed E-state index contributed by atoms with van der Waals surface area (Å²) in [5.41, 5.74) is 1.23. The Hall–Kier alpha value is -3.22. The van der Waals surface area contributed by atoms with Gasteiger partial charge in [-0.2, -0.15) is 0 Å². The zero-order valence-electron chi connectivity index (χ0n) is 46.6. The average Bonchev–Trinajstić information content (AvgIpc) is 3.35. The van der Waals surface area contributed by atoms with Crippen LogP contribution >= 0.6 is 7.37 Å². The molecule has 1 amide bonds. The number of esters is 1. The third kappa shape index (κ3) is 17.9. The Morgan fingerprint density at radius 2 is 1.57 bits per heavy atom. The number of hydrogen-bond acceptors (Lipinski definition) is 16. The fraction of sp³-hybridized carbons (Fsp3) is 0.772. The number of ether oxygens (including phenoxy) is 7. The Labute approximate surface area is 446 Å². The van der Waals surface area contributed by atoms with Crippen molar-refractivity contribution >= 4 is 36.6 Å². The van der Waals surface area contributed by atoms with E-state index in [0.29, 0.717) is 76.8 Å². The molecule has 0 aromatic heterocycles. The van der Waals surface area contributed by atoms with Crippen molar-refractivity contribution < 1.29 is 76.4 Å². The van der Waals surface area contributed by atoms with Crippen LogP contribution in [0.15, 0.2) is 47.6 Å². The summed E-state index contributed by atoms with van der Waals surface area (Å²) < 4.78 is 60.1. The molecule has 2 N–H and O–H groups in total. The van der Waals surface area contributed by atoms with E-state index in [1.165, 1.54) is 12.0 Å². The molecule has 4 aliphatic heterocycles. The Balaban J connectivity index is 1.46. The second-order valence-corrected chi connectivity index (χ2v) is 25.3. The monoisotopic (exact) mass is 1080 g/mol. The number of carbonyl (C=O) groups is 5. The van der Waals surface area contributed by atoms with Crippen LogP contribution in [0.5, 0.6) is 0 Å². The number of cyclic esters (lactones) is 1. The van der Waals surface area contributed by atoms with Crippen molar-refractivity contribution in [3.05, 3.63) is 47.6 Å². The van der Waals surface area contributed by atoms with Crippen LogP contribution in [-0.2, 0) is 66.2 Å². The van der Waals surface area contributed by atoms with Crippen molar-refractivity contribution in [1.29, 1.82) is 0 Å². The third-order valence-electron chi connectivity index (χ3n) is 15.9. The van der Waals surface area contributed by atoms with E-state index < -0.39 is 85.1 Å². The van der Waals surface area contributed by atoms with Gasteiger partial charge in [0.25, 0.3) is 11.7 Å². The van der Waals surface area contributed by atoms with E-state index in [2.05, 4.69) is 0 Å². The topological polar surface area (TPSA) is 220 Å². The van der Waals surface area contributed by atoms with E-state index in [4.69, 9.17) is 37.7 Å². The SMILES string of the molecule is CO[C@@H]1C[C@H](C[C@@H](C)[C@@H]2CC(=O)[C@H](C)C=C(C)[C@@H](O)[C@@H](OC)C(=O)[C@H](C)C[C@H](C)C=CC=CC=C(C)C(OCCOC3COC3)C[C@@H]3CC[C@@H](C)[C@@](O)(O3)C(=O)C(=O)N3CCCC[C@H]3C(=O)O2)CC[C@H]1OP(C)(C)=O. The number of piperidine rings is 1. The highest BCUT2D eigenvalue weighted by molar-refractivity contribution is 7.57. The van der Waals surface area contributed by atoms with Gasteiger partial charge in [-0.3, -0.25) is 23.7 Å². The van der Waals surface area contributed by atoms with Crippen molar-refractivity contribution in [1.82, 2.24) is 4.90 Å². The number of amides is 1. The largest absolute Gasteiger partial charge is 0.460 e. The van der Waals surface area contributed by atoms with Crippen LogP contribution < -0.4 is 0 Å². The summed E-state index contributed by atoms with van der Waals surface area (Å²) in [5, 5.41) is 23.7. The molecule has 0 aromatic carbocycles. The zero-order valence-corrected chi connectivity index (χ0v) is 47.5. The molecular weight excluding hydrogens is 986 g/mol. The van der Waals surface area contributed by atoms with Crippen molar-refractivity contribution in [2.45, 2.75) is 186 Å². The van der Waals surface area contributed by atoms with Gasteiger partial charge in [0.05, 0.1) is 50.8 Å². The van der Waals surface area contributed by atoms with Crippen LogP contribution in [0, 0.1) is 35.5 Å². The minimum absolute atomic E-state index is 0.0111. The number of hydrogen-bond donors (Lipinski definition) is 2. The van der Waals surface area contributed by atoms with E-state index in [1.54, 1.807) is 47.3 Å². The number of carbonyl (C=O) groups excluding carboxylic acids is 5. The molecule has 1 aliphatic carbocycles. The lowest BCUT2D eigenvalue weighted by atomic mass is 9.78. The van der Waals surface area contributed by atoms with Gasteiger partial charge in [-0.1, -0.05) is 71.1 Å². The first-order valence-corrected chi connectivity index (χ1v) is 30.0. The van der Waals surface area contributed by atoms with Gasteiger partial charge in [0.15, 0.2) is 13.2 Å². The third-order valence-corrected chi connectivity index (χ3v) is 16.7. The number of Topliss-reactive ketones (excluding diaryl/α,β-unsaturated/α-hetero) is 3. The van der Waals surface area contributed by atoms with E-state index in [9.17, 15) is 38.8 Å². The summed E-state index contributed by atoms with van der Waals surface area (Å²) in [4.78, 5) is 72.9. The molecule has 15 atom stereocenters. The number of aliphatic hydroxyl groups is 2. The summed E-state index contributed by atoms with van der Waals surface area (Å²) >= 11 is 0. The summed E-state index contributed by atoms with van der Waals surface area (Å²) in [6.07, 6.45) is 11.0. The molecular formula is C57H90NO16P. The number of allylic oxidation sites excluding steroid dienone is 6. The summed E-state index contributed by atoms with van der Waals surface area (Å²) in [6.45, 7) is 17.5. The molecule has 75 heavy (non-hydrogen) atoms. The Morgan fingerprint density at radius 3 is 2.24 bits per heavy atom. The number of aliphatic hydroxyl groups excluding tert-OH is 1. The zero-order chi connectivity index (χ0) is 55.2. The van der Waals surface area contributed by atoms with Gasteiger partial charge >= 0.3 is 5.97 Å². The van der Waals surface area contributed by atoms with Gasteiger partial charge in [-0.05, 0) is 107 Å².